The summed E-state index contributed by atoms with van der Waals surface area (Å²) < 4.78 is 10.6. The van der Waals surface area contributed by atoms with E-state index in [0.29, 0.717) is 6.61 Å². The average Bonchev–Trinajstić information content (AvgIpc) is 2.28. The van der Waals surface area contributed by atoms with Gasteiger partial charge in [-0.05, 0) is 24.6 Å². The molecule has 0 heterocycles. The maximum atomic E-state index is 10.5. The Morgan fingerprint density at radius 1 is 1.35 bits per heavy atom. The van der Waals surface area contributed by atoms with Crippen LogP contribution in [0.3, 0.4) is 0 Å². The van der Waals surface area contributed by atoms with Crippen LogP contribution in [0.1, 0.15) is 18.9 Å². The number of carboxylic acid groups (broad SMARTS) is 1. The van der Waals surface area contributed by atoms with Crippen molar-refractivity contribution in [2.24, 2.45) is 0 Å². The number of ether oxygens (including phenoxy) is 2. The van der Waals surface area contributed by atoms with Gasteiger partial charge in [0.1, 0.15) is 5.75 Å². The summed E-state index contributed by atoms with van der Waals surface area (Å²) in [5.74, 6) is -0.0742. The van der Waals surface area contributed by atoms with Gasteiger partial charge < -0.3 is 14.6 Å². The van der Waals surface area contributed by atoms with E-state index < -0.39 is 5.97 Å². The van der Waals surface area contributed by atoms with E-state index in [-0.39, 0.29) is 12.5 Å². The number of carbonyl (C=O) groups is 1. The van der Waals surface area contributed by atoms with Gasteiger partial charge in [0.15, 0.2) is 0 Å². The van der Waals surface area contributed by atoms with Gasteiger partial charge in [0.2, 0.25) is 0 Å². The lowest BCUT2D eigenvalue weighted by molar-refractivity contribution is -0.136. The zero-order valence-corrected chi connectivity index (χ0v) is 10.2. The highest BCUT2D eigenvalue weighted by molar-refractivity contribution is 5.70. The van der Waals surface area contributed by atoms with E-state index in [9.17, 15) is 4.79 Å². The Labute approximate surface area is 101 Å². The van der Waals surface area contributed by atoms with Crippen molar-refractivity contribution in [2.75, 3.05) is 13.7 Å². The summed E-state index contributed by atoms with van der Waals surface area (Å²) in [6, 6.07) is 7.13. The van der Waals surface area contributed by atoms with Crippen molar-refractivity contribution in [3.05, 3.63) is 29.8 Å². The van der Waals surface area contributed by atoms with Gasteiger partial charge in [-0.25, -0.2) is 0 Å². The van der Waals surface area contributed by atoms with Crippen molar-refractivity contribution in [1.29, 1.82) is 0 Å². The largest absolute Gasteiger partial charge is 0.491 e. The van der Waals surface area contributed by atoms with Gasteiger partial charge in [0.05, 0.1) is 12.5 Å². The van der Waals surface area contributed by atoms with Crippen LogP contribution < -0.4 is 4.74 Å². The van der Waals surface area contributed by atoms with Gasteiger partial charge in [0, 0.05) is 20.1 Å². The minimum Gasteiger partial charge on any atom is -0.491 e. The van der Waals surface area contributed by atoms with E-state index in [1.165, 1.54) is 0 Å². The first-order valence-corrected chi connectivity index (χ1v) is 5.58. The minimum absolute atomic E-state index is 0.0412. The molecule has 0 fully saturated rings. The molecule has 17 heavy (non-hydrogen) atoms. The second-order valence-electron chi connectivity index (χ2n) is 3.92. The second kappa shape index (κ2) is 6.91. The summed E-state index contributed by atoms with van der Waals surface area (Å²) in [7, 11) is 1.66. The number of hydrogen-bond donors (Lipinski definition) is 1. The molecule has 0 aliphatic carbocycles. The second-order valence-corrected chi connectivity index (χ2v) is 3.92. The fourth-order valence-electron chi connectivity index (χ4n) is 1.44. The number of aliphatic carboxylic acids is 1. The van der Waals surface area contributed by atoms with Gasteiger partial charge in [-0.1, -0.05) is 12.1 Å². The zero-order valence-electron chi connectivity index (χ0n) is 10.2. The first-order chi connectivity index (χ1) is 8.11. The van der Waals surface area contributed by atoms with Crippen LogP contribution in [-0.2, 0) is 16.0 Å². The third-order valence-electron chi connectivity index (χ3n) is 2.34. The van der Waals surface area contributed by atoms with Crippen molar-refractivity contribution in [3.8, 4) is 5.75 Å². The molecule has 0 saturated heterocycles. The van der Waals surface area contributed by atoms with Gasteiger partial charge in [-0.15, -0.1) is 0 Å². The molecule has 0 aromatic heterocycles. The van der Waals surface area contributed by atoms with Gasteiger partial charge in [-0.3, -0.25) is 4.79 Å². The van der Waals surface area contributed by atoms with Crippen molar-refractivity contribution in [1.82, 2.24) is 0 Å². The predicted octanol–water partition coefficient (Wildman–Crippen LogP) is 2.12. The van der Waals surface area contributed by atoms with Crippen molar-refractivity contribution < 1.29 is 19.4 Å². The van der Waals surface area contributed by atoms with E-state index in [4.69, 9.17) is 14.6 Å². The van der Waals surface area contributed by atoms with Crippen LogP contribution in [-0.4, -0.2) is 30.9 Å². The first kappa shape index (κ1) is 13.5. The van der Waals surface area contributed by atoms with E-state index in [1.807, 2.05) is 6.92 Å². The van der Waals surface area contributed by atoms with Crippen molar-refractivity contribution in [3.63, 3.8) is 0 Å². The lowest BCUT2D eigenvalue weighted by atomic mass is 10.1. The third-order valence-corrected chi connectivity index (χ3v) is 2.34. The molecule has 0 spiro atoms. The summed E-state index contributed by atoms with van der Waals surface area (Å²) in [6.45, 7) is 2.64. The molecule has 4 nitrogen and oxygen atoms in total. The smallest absolute Gasteiger partial charge is 0.307 e. The van der Waals surface area contributed by atoms with Crippen LogP contribution in [0, 0.1) is 0 Å². The lowest BCUT2D eigenvalue weighted by Crippen LogP contribution is -2.14. The summed E-state index contributed by atoms with van der Waals surface area (Å²) in [4.78, 5) is 10.5. The molecule has 0 aliphatic rings. The summed E-state index contributed by atoms with van der Waals surface area (Å²) >= 11 is 0. The van der Waals surface area contributed by atoms with Crippen LogP contribution in [0.2, 0.25) is 0 Å². The van der Waals surface area contributed by atoms with Gasteiger partial charge in [-0.2, -0.15) is 0 Å². The molecule has 94 valence electrons. The fourth-order valence-corrected chi connectivity index (χ4v) is 1.44. The van der Waals surface area contributed by atoms with Crippen LogP contribution >= 0.6 is 0 Å². The zero-order chi connectivity index (χ0) is 12.7. The summed E-state index contributed by atoms with van der Waals surface area (Å²) in [5.41, 5.74) is 0.773. The highest BCUT2D eigenvalue weighted by atomic mass is 16.5. The van der Waals surface area contributed by atoms with Crippen LogP contribution in [0.15, 0.2) is 24.3 Å². The van der Waals surface area contributed by atoms with E-state index in [2.05, 4.69) is 0 Å². The molecular formula is C13H18O4. The quantitative estimate of drug-likeness (QED) is 0.790. The molecular weight excluding hydrogens is 220 g/mol. The van der Waals surface area contributed by atoms with Gasteiger partial charge >= 0.3 is 5.97 Å². The maximum absolute atomic E-state index is 10.5. The first-order valence-electron chi connectivity index (χ1n) is 5.58. The molecule has 1 rings (SSSR count). The summed E-state index contributed by atoms with van der Waals surface area (Å²) in [6.07, 6.45) is 0.952. The molecule has 1 atom stereocenters. The van der Waals surface area contributed by atoms with Crippen LogP contribution in [0.4, 0.5) is 0 Å². The number of rotatable bonds is 7. The Hall–Kier alpha value is -1.55. The van der Waals surface area contributed by atoms with E-state index in [1.54, 1.807) is 31.4 Å². The van der Waals surface area contributed by atoms with Gasteiger partial charge in [0.25, 0.3) is 0 Å². The highest BCUT2D eigenvalue weighted by Gasteiger charge is 2.04. The normalized spacial score (nSPS) is 12.1. The SMILES string of the molecule is COCCC(C)Oc1ccc(CC(=O)O)cc1. The van der Waals surface area contributed by atoms with Crippen LogP contribution in [0.25, 0.3) is 0 Å². The number of methoxy groups -OCH3 is 1. The Kier molecular flexibility index (Phi) is 5.49. The molecule has 0 radical (unpaired) electrons. The number of carboxylic acids is 1. The molecule has 1 aromatic rings. The Morgan fingerprint density at radius 3 is 2.53 bits per heavy atom. The predicted molar refractivity (Wildman–Crippen MR) is 64.4 cm³/mol. The lowest BCUT2D eigenvalue weighted by Gasteiger charge is -2.14. The number of benzene rings is 1. The standard InChI is InChI=1S/C13H18O4/c1-10(7-8-16-2)17-12-5-3-11(4-6-12)9-13(14)15/h3-6,10H,7-9H2,1-2H3,(H,14,15). The molecule has 4 heteroatoms. The monoisotopic (exact) mass is 238 g/mol. The Bertz CT molecular complexity index is 345. The van der Waals surface area contributed by atoms with Crippen molar-refractivity contribution in [2.45, 2.75) is 25.9 Å². The topological polar surface area (TPSA) is 55.8 Å². The molecule has 0 amide bonds. The van der Waals surface area contributed by atoms with Crippen LogP contribution in [0.5, 0.6) is 5.75 Å². The van der Waals surface area contributed by atoms with E-state index >= 15 is 0 Å². The molecule has 0 bridgehead atoms. The fraction of sp³-hybridized carbons (Fsp3) is 0.462. The Balaban J connectivity index is 2.47. The molecule has 1 aromatic carbocycles. The summed E-state index contributed by atoms with van der Waals surface area (Å²) in [5, 5.41) is 8.63. The van der Waals surface area contributed by atoms with E-state index in [0.717, 1.165) is 17.7 Å². The molecule has 1 N–H and O–H groups in total. The molecule has 0 saturated carbocycles. The third kappa shape index (κ3) is 5.36. The molecule has 1 unspecified atom stereocenters. The Morgan fingerprint density at radius 2 is 2.00 bits per heavy atom. The minimum atomic E-state index is -0.827. The number of hydrogen-bond acceptors (Lipinski definition) is 3. The maximum Gasteiger partial charge on any atom is 0.307 e. The van der Waals surface area contributed by atoms with Crippen molar-refractivity contribution >= 4 is 5.97 Å². The average molecular weight is 238 g/mol. The molecule has 0 aliphatic heterocycles. The highest BCUT2D eigenvalue weighted by Crippen LogP contribution is 2.15.